The molecule has 1 fully saturated rings. The van der Waals surface area contributed by atoms with Gasteiger partial charge in [0.05, 0.1) is 5.02 Å². The van der Waals surface area contributed by atoms with E-state index in [4.69, 9.17) is 11.6 Å². The van der Waals surface area contributed by atoms with E-state index in [-0.39, 0.29) is 0 Å². The van der Waals surface area contributed by atoms with Crippen LogP contribution >= 0.6 is 23.4 Å². The molecule has 1 saturated heterocycles. The Morgan fingerprint density at radius 3 is 2.87 bits per heavy atom. The van der Waals surface area contributed by atoms with Crippen LogP contribution in [-0.2, 0) is 0 Å². The Balaban J connectivity index is 1.79. The van der Waals surface area contributed by atoms with E-state index >= 15 is 0 Å². The van der Waals surface area contributed by atoms with Crippen molar-refractivity contribution in [3.8, 4) is 0 Å². The second-order valence-electron chi connectivity index (χ2n) is 3.80. The number of halogens is 1. The first-order valence-electron chi connectivity index (χ1n) is 5.28. The van der Waals surface area contributed by atoms with Crippen molar-refractivity contribution in [3.63, 3.8) is 0 Å². The minimum atomic E-state index is 0.689. The van der Waals surface area contributed by atoms with E-state index in [1.807, 2.05) is 12.1 Å². The normalized spacial score (nSPS) is 17.7. The molecule has 0 bridgehead atoms. The first kappa shape index (κ1) is 11.1. The highest BCUT2D eigenvalue weighted by Crippen LogP contribution is 2.22. The third-order valence-electron chi connectivity index (χ3n) is 2.64. The summed E-state index contributed by atoms with van der Waals surface area (Å²) in [5.74, 6) is 4.35. The maximum absolute atomic E-state index is 5.77. The Labute approximate surface area is 99.8 Å². The number of hydrogen-bond acceptors (Lipinski definition) is 3. The van der Waals surface area contributed by atoms with Crippen LogP contribution in [0.4, 0.5) is 5.82 Å². The fraction of sp³-hybridized carbons (Fsp3) is 0.545. The van der Waals surface area contributed by atoms with Gasteiger partial charge in [0.15, 0.2) is 0 Å². The number of nitrogens with one attached hydrogen (secondary N) is 1. The summed E-state index contributed by atoms with van der Waals surface area (Å²) >= 11 is 7.83. The molecule has 0 amide bonds. The Morgan fingerprint density at radius 2 is 2.20 bits per heavy atom. The Hall–Kier alpha value is -0.410. The van der Waals surface area contributed by atoms with Gasteiger partial charge >= 0.3 is 0 Å². The molecule has 1 aromatic rings. The molecule has 1 N–H and O–H groups in total. The molecule has 0 unspecified atom stereocenters. The van der Waals surface area contributed by atoms with Gasteiger partial charge in [-0.25, -0.2) is 4.98 Å². The fourth-order valence-electron chi connectivity index (χ4n) is 1.68. The minimum absolute atomic E-state index is 0.689. The van der Waals surface area contributed by atoms with Crippen molar-refractivity contribution in [2.24, 2.45) is 5.92 Å². The third-order valence-corrected chi connectivity index (χ3v) is 3.91. The average molecular weight is 243 g/mol. The van der Waals surface area contributed by atoms with E-state index in [0.717, 1.165) is 18.3 Å². The van der Waals surface area contributed by atoms with Crippen molar-refractivity contribution in [3.05, 3.63) is 23.4 Å². The highest BCUT2D eigenvalue weighted by Gasteiger charge is 2.13. The van der Waals surface area contributed by atoms with Crippen molar-refractivity contribution in [2.75, 3.05) is 23.4 Å². The van der Waals surface area contributed by atoms with Gasteiger partial charge in [-0.05, 0) is 42.4 Å². The van der Waals surface area contributed by atoms with Crippen molar-refractivity contribution >= 4 is 29.2 Å². The molecule has 2 heterocycles. The maximum atomic E-state index is 5.77. The SMILES string of the molecule is Clc1ccc(NCC2CCSCC2)nc1. The zero-order valence-electron chi connectivity index (χ0n) is 8.58. The van der Waals surface area contributed by atoms with Gasteiger partial charge in [-0.2, -0.15) is 11.8 Å². The Bertz CT molecular complexity index is 296. The predicted octanol–water partition coefficient (Wildman–Crippen LogP) is 3.29. The highest BCUT2D eigenvalue weighted by molar-refractivity contribution is 7.99. The third kappa shape index (κ3) is 3.58. The summed E-state index contributed by atoms with van der Waals surface area (Å²) in [5, 5.41) is 4.05. The van der Waals surface area contributed by atoms with Crippen molar-refractivity contribution in [1.29, 1.82) is 0 Å². The number of aromatic nitrogens is 1. The summed E-state index contributed by atoms with van der Waals surface area (Å²) in [6.07, 6.45) is 4.33. The number of hydrogen-bond donors (Lipinski definition) is 1. The van der Waals surface area contributed by atoms with Crippen LogP contribution in [0.2, 0.25) is 5.02 Å². The largest absolute Gasteiger partial charge is 0.370 e. The first-order chi connectivity index (χ1) is 7.34. The summed E-state index contributed by atoms with van der Waals surface area (Å²) in [5.41, 5.74) is 0. The fourth-order valence-corrected chi connectivity index (χ4v) is 3.00. The molecule has 82 valence electrons. The highest BCUT2D eigenvalue weighted by atomic mass is 35.5. The number of thioether (sulfide) groups is 1. The maximum Gasteiger partial charge on any atom is 0.125 e. The lowest BCUT2D eigenvalue weighted by molar-refractivity contribution is 0.515. The predicted molar refractivity (Wildman–Crippen MR) is 67.8 cm³/mol. The summed E-state index contributed by atoms with van der Waals surface area (Å²) in [4.78, 5) is 4.21. The van der Waals surface area contributed by atoms with Gasteiger partial charge in [-0.15, -0.1) is 0 Å². The quantitative estimate of drug-likeness (QED) is 0.881. The van der Waals surface area contributed by atoms with Gasteiger partial charge in [-0.3, -0.25) is 0 Å². The number of anilines is 1. The molecule has 2 rings (SSSR count). The van der Waals surface area contributed by atoms with Crippen LogP contribution in [0.25, 0.3) is 0 Å². The Kier molecular flexibility index (Phi) is 4.15. The number of rotatable bonds is 3. The molecule has 0 atom stereocenters. The van der Waals surface area contributed by atoms with E-state index in [2.05, 4.69) is 22.1 Å². The van der Waals surface area contributed by atoms with Crippen LogP contribution in [0, 0.1) is 5.92 Å². The second kappa shape index (κ2) is 5.61. The topological polar surface area (TPSA) is 24.9 Å². The second-order valence-corrected chi connectivity index (χ2v) is 5.46. The van der Waals surface area contributed by atoms with Gasteiger partial charge < -0.3 is 5.32 Å². The van der Waals surface area contributed by atoms with Crippen LogP contribution in [0.1, 0.15) is 12.8 Å². The molecule has 0 aliphatic carbocycles. The van der Waals surface area contributed by atoms with Gasteiger partial charge in [0.2, 0.25) is 0 Å². The standard InChI is InChI=1S/C11H15ClN2S/c12-10-1-2-11(14-8-10)13-7-9-3-5-15-6-4-9/h1-2,8-9H,3-7H2,(H,13,14). The molecular formula is C11H15ClN2S. The molecule has 2 nitrogen and oxygen atoms in total. The van der Waals surface area contributed by atoms with Crippen molar-refractivity contribution in [1.82, 2.24) is 4.98 Å². The minimum Gasteiger partial charge on any atom is -0.370 e. The van der Waals surface area contributed by atoms with Crippen molar-refractivity contribution in [2.45, 2.75) is 12.8 Å². The van der Waals surface area contributed by atoms with E-state index in [1.165, 1.54) is 24.3 Å². The van der Waals surface area contributed by atoms with Crippen LogP contribution < -0.4 is 5.32 Å². The van der Waals surface area contributed by atoms with Crippen LogP contribution in [0.15, 0.2) is 18.3 Å². The number of nitrogens with zero attached hydrogens (tertiary/aromatic N) is 1. The monoisotopic (exact) mass is 242 g/mol. The molecule has 0 aromatic carbocycles. The molecule has 1 aliphatic heterocycles. The van der Waals surface area contributed by atoms with Crippen LogP contribution in [0.3, 0.4) is 0 Å². The van der Waals surface area contributed by atoms with Gasteiger partial charge in [-0.1, -0.05) is 11.6 Å². The molecule has 0 radical (unpaired) electrons. The lowest BCUT2D eigenvalue weighted by atomic mass is 10.0. The molecule has 1 aromatic heterocycles. The van der Waals surface area contributed by atoms with Crippen LogP contribution in [-0.4, -0.2) is 23.0 Å². The lowest BCUT2D eigenvalue weighted by Crippen LogP contribution is -2.19. The average Bonchev–Trinajstić information content (AvgIpc) is 2.30. The number of pyridine rings is 1. The van der Waals surface area contributed by atoms with E-state index in [0.29, 0.717) is 5.02 Å². The van der Waals surface area contributed by atoms with E-state index in [1.54, 1.807) is 6.20 Å². The van der Waals surface area contributed by atoms with Crippen molar-refractivity contribution < 1.29 is 0 Å². The van der Waals surface area contributed by atoms with Crippen LogP contribution in [0.5, 0.6) is 0 Å². The summed E-state index contributed by atoms with van der Waals surface area (Å²) in [6.45, 7) is 1.04. The molecule has 4 heteroatoms. The van der Waals surface area contributed by atoms with E-state index < -0.39 is 0 Å². The zero-order valence-corrected chi connectivity index (χ0v) is 10.2. The molecule has 15 heavy (non-hydrogen) atoms. The molecular weight excluding hydrogens is 228 g/mol. The molecule has 0 saturated carbocycles. The van der Waals surface area contributed by atoms with Gasteiger partial charge in [0.25, 0.3) is 0 Å². The molecule has 0 spiro atoms. The summed E-state index contributed by atoms with van der Waals surface area (Å²) in [7, 11) is 0. The summed E-state index contributed by atoms with van der Waals surface area (Å²) < 4.78 is 0. The molecule has 1 aliphatic rings. The Morgan fingerprint density at radius 1 is 1.40 bits per heavy atom. The smallest absolute Gasteiger partial charge is 0.125 e. The van der Waals surface area contributed by atoms with Gasteiger partial charge in [0, 0.05) is 12.7 Å². The van der Waals surface area contributed by atoms with Gasteiger partial charge in [0.1, 0.15) is 5.82 Å². The van der Waals surface area contributed by atoms with E-state index in [9.17, 15) is 0 Å². The zero-order chi connectivity index (χ0) is 10.5. The lowest BCUT2D eigenvalue weighted by Gasteiger charge is -2.21. The summed E-state index contributed by atoms with van der Waals surface area (Å²) in [6, 6.07) is 3.80. The first-order valence-corrected chi connectivity index (χ1v) is 6.81.